The van der Waals surface area contributed by atoms with Gasteiger partial charge in [-0.3, -0.25) is 9.32 Å². The Kier molecular flexibility index (Phi) is 7.97. The van der Waals surface area contributed by atoms with E-state index in [9.17, 15) is 9.36 Å². The number of imidazole rings is 1. The van der Waals surface area contributed by atoms with Crippen molar-refractivity contribution in [1.29, 1.82) is 0 Å². The summed E-state index contributed by atoms with van der Waals surface area (Å²) in [5.74, 6) is -0.535. The zero-order valence-electron chi connectivity index (χ0n) is 19.7. The third-order valence-electron chi connectivity index (χ3n) is 5.39. The Bertz CT molecular complexity index is 1070. The van der Waals surface area contributed by atoms with Gasteiger partial charge in [0.25, 0.3) is 0 Å². The summed E-state index contributed by atoms with van der Waals surface area (Å²) in [4.78, 5) is 16.5. The van der Waals surface area contributed by atoms with Crippen molar-refractivity contribution in [3.63, 3.8) is 0 Å². The van der Waals surface area contributed by atoms with Gasteiger partial charge in [-0.25, -0.2) is 14.6 Å². The predicted molar refractivity (Wildman–Crippen MR) is 125 cm³/mol. The maximum absolute atomic E-state index is 12.9. The zero-order chi connectivity index (χ0) is 24.3. The Hall–Kier alpha value is -2.23. The minimum Gasteiger partial charge on any atom is -0.462 e. The second kappa shape index (κ2) is 10.4. The Labute approximate surface area is 194 Å². The van der Waals surface area contributed by atoms with Gasteiger partial charge in [0, 0.05) is 18.4 Å². The van der Waals surface area contributed by atoms with Crippen molar-refractivity contribution in [2.75, 3.05) is 13.7 Å². The zero-order valence-corrected chi connectivity index (χ0v) is 20.6. The monoisotopic (exact) mass is 480 g/mol. The van der Waals surface area contributed by atoms with Gasteiger partial charge in [-0.1, -0.05) is 6.58 Å². The quantitative estimate of drug-likeness (QED) is 0.387. The van der Waals surface area contributed by atoms with Gasteiger partial charge in [-0.15, -0.1) is 0 Å². The molecule has 0 radical (unpaired) electrons. The summed E-state index contributed by atoms with van der Waals surface area (Å²) in [6, 6.07) is 3.08. The maximum Gasteiger partial charge on any atom is 0.406 e. The van der Waals surface area contributed by atoms with Crippen molar-refractivity contribution in [1.82, 2.24) is 14.6 Å². The first-order chi connectivity index (χ1) is 15.5. The molecule has 4 unspecified atom stereocenters. The van der Waals surface area contributed by atoms with Crippen LogP contribution in [-0.2, 0) is 27.9 Å². The molecule has 1 aromatic heterocycles. The number of nitrogens with zero attached hydrogens (tertiary/aromatic N) is 2. The smallest absolute Gasteiger partial charge is 0.406 e. The van der Waals surface area contributed by atoms with Crippen LogP contribution in [0.15, 0.2) is 25.0 Å². The number of esters is 1. The minimum atomic E-state index is -3.72. The molecule has 1 aliphatic rings. The lowest BCUT2D eigenvalue weighted by atomic mass is 10.1. The van der Waals surface area contributed by atoms with Crippen LogP contribution in [0.3, 0.4) is 0 Å². The Morgan fingerprint density at radius 1 is 1.39 bits per heavy atom. The van der Waals surface area contributed by atoms with Gasteiger partial charge in [-0.2, -0.15) is 0 Å². The lowest BCUT2D eigenvalue weighted by Crippen LogP contribution is -2.35. The first kappa shape index (κ1) is 25.4. The molecular weight excluding hydrogens is 447 g/mol. The van der Waals surface area contributed by atoms with Gasteiger partial charge < -0.3 is 24.3 Å². The molecule has 1 fully saturated rings. The fraction of sp³-hybridized carbons (Fsp3) is 0.545. The van der Waals surface area contributed by atoms with Crippen LogP contribution in [-0.4, -0.2) is 47.5 Å². The fourth-order valence-corrected chi connectivity index (χ4v) is 4.94. The minimum absolute atomic E-state index is 0.0450. The van der Waals surface area contributed by atoms with E-state index in [4.69, 9.17) is 24.3 Å². The average Bonchev–Trinajstić information content (AvgIpc) is 3.37. The van der Waals surface area contributed by atoms with E-state index < -0.39 is 19.8 Å². The van der Waals surface area contributed by atoms with Gasteiger partial charge in [0.15, 0.2) is 0 Å². The molecule has 1 saturated heterocycles. The number of nitrogens with one attached hydrogen (secondary N) is 1. The van der Waals surface area contributed by atoms with Crippen LogP contribution in [0.1, 0.15) is 51.0 Å². The molecule has 182 valence electrons. The van der Waals surface area contributed by atoms with Crippen LogP contribution >= 0.6 is 7.75 Å². The number of carbonyl (C=O) groups excluding carboxylic acids is 1. The molecule has 0 spiro atoms. The SMILES string of the molecule is C=C(N)c1cc2ncn(C3CCC(COP(=O)(NC(C)C(=O)OC(C)C)OC)O3)c2cc1C. The molecule has 11 heteroatoms. The molecule has 2 heterocycles. The molecule has 2 aromatic rings. The van der Waals surface area contributed by atoms with Gasteiger partial charge in [-0.05, 0) is 58.2 Å². The highest BCUT2D eigenvalue weighted by atomic mass is 31.2. The molecule has 1 aromatic carbocycles. The van der Waals surface area contributed by atoms with Crippen LogP contribution in [0.25, 0.3) is 16.7 Å². The first-order valence-electron chi connectivity index (χ1n) is 10.9. The molecule has 1 aliphatic heterocycles. The molecule has 4 atom stereocenters. The molecule has 0 saturated carbocycles. The van der Waals surface area contributed by atoms with Gasteiger partial charge in [0.1, 0.15) is 12.3 Å². The van der Waals surface area contributed by atoms with Crippen molar-refractivity contribution in [3.8, 4) is 0 Å². The van der Waals surface area contributed by atoms with Crippen LogP contribution in [0.2, 0.25) is 0 Å². The molecule has 0 bridgehead atoms. The number of aryl methyl sites for hydroxylation is 1. The van der Waals surface area contributed by atoms with Crippen molar-refractivity contribution in [2.24, 2.45) is 5.73 Å². The van der Waals surface area contributed by atoms with Crippen molar-refractivity contribution >= 4 is 30.4 Å². The van der Waals surface area contributed by atoms with Crippen LogP contribution in [0, 0.1) is 6.92 Å². The van der Waals surface area contributed by atoms with Crippen molar-refractivity contribution < 1.29 is 27.9 Å². The molecule has 0 aliphatic carbocycles. The summed E-state index contributed by atoms with van der Waals surface area (Å²) in [6.07, 6.45) is 2.38. The summed E-state index contributed by atoms with van der Waals surface area (Å²) >= 11 is 0. The van der Waals surface area contributed by atoms with E-state index in [1.807, 2.05) is 23.6 Å². The normalized spacial score (nSPS) is 21.3. The number of carbonyl (C=O) groups is 1. The summed E-state index contributed by atoms with van der Waals surface area (Å²) in [5, 5.41) is 2.60. The molecular formula is C22H33N4O6P. The largest absolute Gasteiger partial charge is 0.462 e. The van der Waals surface area contributed by atoms with Crippen molar-refractivity contribution in [3.05, 3.63) is 36.2 Å². The number of fused-ring (bicyclic) bond motifs is 1. The number of rotatable bonds is 10. The van der Waals surface area contributed by atoms with Gasteiger partial charge in [0.2, 0.25) is 0 Å². The summed E-state index contributed by atoms with van der Waals surface area (Å²) < 4.78 is 36.7. The fourth-order valence-electron chi connectivity index (χ4n) is 3.72. The number of hydrogen-bond donors (Lipinski definition) is 2. The van der Waals surface area contributed by atoms with E-state index in [0.29, 0.717) is 12.1 Å². The lowest BCUT2D eigenvalue weighted by Gasteiger charge is -2.23. The summed E-state index contributed by atoms with van der Waals surface area (Å²) in [5.41, 5.74) is 9.99. The molecule has 3 N–H and O–H groups in total. The maximum atomic E-state index is 12.9. The van der Waals surface area contributed by atoms with E-state index >= 15 is 0 Å². The number of hydrogen-bond acceptors (Lipinski definition) is 8. The Morgan fingerprint density at radius 3 is 2.76 bits per heavy atom. The number of ether oxygens (including phenoxy) is 2. The summed E-state index contributed by atoms with van der Waals surface area (Å²) in [6.45, 7) is 10.9. The predicted octanol–water partition coefficient (Wildman–Crippen LogP) is 3.65. The van der Waals surface area contributed by atoms with E-state index in [1.165, 1.54) is 7.11 Å². The van der Waals surface area contributed by atoms with Crippen LogP contribution in [0.5, 0.6) is 0 Å². The average molecular weight is 481 g/mol. The van der Waals surface area contributed by atoms with Crippen LogP contribution in [0.4, 0.5) is 0 Å². The topological polar surface area (TPSA) is 127 Å². The molecule has 33 heavy (non-hydrogen) atoms. The lowest BCUT2D eigenvalue weighted by molar-refractivity contribution is -0.149. The standard InChI is InChI=1S/C22H33N4O6P/c1-13(2)31-22(27)16(5)25-33(28,29-6)30-11-17-7-8-21(32-17)26-12-24-19-10-18(15(4)23)14(3)9-20(19)26/h9-10,12-13,16-17,21H,4,7-8,11,23H2,1-3,5-6H3,(H,25,28). The highest BCUT2D eigenvalue weighted by Gasteiger charge is 2.34. The van der Waals surface area contributed by atoms with Crippen molar-refractivity contribution in [2.45, 2.75) is 65.0 Å². The number of benzene rings is 1. The summed E-state index contributed by atoms with van der Waals surface area (Å²) in [7, 11) is -2.46. The van der Waals surface area contributed by atoms with E-state index in [0.717, 1.165) is 28.6 Å². The van der Waals surface area contributed by atoms with E-state index in [1.54, 1.807) is 27.1 Å². The van der Waals surface area contributed by atoms with Gasteiger partial charge >= 0.3 is 13.7 Å². The molecule has 0 amide bonds. The first-order valence-corrected chi connectivity index (χ1v) is 12.4. The third kappa shape index (κ3) is 6.02. The molecule has 10 nitrogen and oxygen atoms in total. The third-order valence-corrected chi connectivity index (χ3v) is 7.06. The number of nitrogens with two attached hydrogens (primary N) is 1. The Morgan fingerprint density at radius 2 is 2.12 bits per heavy atom. The molecule has 3 rings (SSSR count). The van der Waals surface area contributed by atoms with E-state index in [2.05, 4.69) is 16.7 Å². The highest BCUT2D eigenvalue weighted by molar-refractivity contribution is 7.51. The number of aromatic nitrogens is 2. The van der Waals surface area contributed by atoms with Crippen LogP contribution < -0.4 is 10.8 Å². The Balaban J connectivity index is 1.62. The second-order valence-corrected chi connectivity index (χ2v) is 10.3. The van der Waals surface area contributed by atoms with E-state index in [-0.39, 0.29) is 25.0 Å². The second-order valence-electron chi connectivity index (χ2n) is 8.44. The highest BCUT2D eigenvalue weighted by Crippen LogP contribution is 2.44. The van der Waals surface area contributed by atoms with Gasteiger partial charge in [0.05, 0.1) is 36.2 Å².